The van der Waals surface area contributed by atoms with Crippen molar-refractivity contribution in [2.24, 2.45) is 7.05 Å². The summed E-state index contributed by atoms with van der Waals surface area (Å²) < 4.78 is 52.5. The first kappa shape index (κ1) is 21.4. The van der Waals surface area contributed by atoms with Crippen LogP contribution in [-0.4, -0.2) is 63.2 Å². The molecule has 0 amide bonds. The zero-order valence-electron chi connectivity index (χ0n) is 17.7. The van der Waals surface area contributed by atoms with Gasteiger partial charge in [-0.05, 0) is 19.3 Å². The van der Waals surface area contributed by atoms with E-state index in [4.69, 9.17) is 9.47 Å². The molecule has 2 aromatic rings. The Morgan fingerprint density at radius 3 is 2.53 bits per heavy atom. The van der Waals surface area contributed by atoms with E-state index < -0.39 is 23.7 Å². The molecule has 0 bridgehead atoms. The van der Waals surface area contributed by atoms with E-state index in [1.54, 1.807) is 0 Å². The number of ether oxygens (including phenoxy) is 2. The van der Waals surface area contributed by atoms with E-state index in [-0.39, 0.29) is 31.1 Å². The predicted molar refractivity (Wildman–Crippen MR) is 108 cm³/mol. The van der Waals surface area contributed by atoms with Crippen LogP contribution in [0.2, 0.25) is 0 Å². The number of aromatic nitrogens is 5. The van der Waals surface area contributed by atoms with Crippen LogP contribution in [0.25, 0.3) is 0 Å². The molecule has 2 aromatic heterocycles. The van der Waals surface area contributed by atoms with Crippen molar-refractivity contribution in [2.75, 3.05) is 31.6 Å². The van der Waals surface area contributed by atoms with Gasteiger partial charge in [-0.3, -0.25) is 0 Å². The lowest BCUT2D eigenvalue weighted by atomic mass is 9.85. The molecule has 0 unspecified atom stereocenters. The van der Waals surface area contributed by atoms with E-state index in [1.807, 2.05) is 7.05 Å². The molecule has 12 heteroatoms. The summed E-state index contributed by atoms with van der Waals surface area (Å²) in [4.78, 5) is 7.98. The van der Waals surface area contributed by atoms with Crippen LogP contribution < -0.4 is 15.4 Å². The fourth-order valence-corrected chi connectivity index (χ4v) is 4.43. The maximum Gasteiger partial charge on any atom is 0.423 e. The SMILES string of the molecule is Cn1c(C2CNC2)nnc1[C@H]1CCC[C@@H](Nc2ncc(C(F)(F)F)c(OC3COC3)n2)C1. The number of alkyl halides is 3. The van der Waals surface area contributed by atoms with Gasteiger partial charge in [-0.15, -0.1) is 10.2 Å². The second kappa shape index (κ2) is 8.47. The molecule has 0 radical (unpaired) electrons. The van der Waals surface area contributed by atoms with Crippen LogP contribution in [-0.2, 0) is 18.0 Å². The van der Waals surface area contributed by atoms with Crippen molar-refractivity contribution in [1.82, 2.24) is 30.0 Å². The van der Waals surface area contributed by atoms with Crippen molar-refractivity contribution < 1.29 is 22.6 Å². The van der Waals surface area contributed by atoms with E-state index in [0.717, 1.165) is 56.6 Å². The fourth-order valence-electron chi connectivity index (χ4n) is 4.43. The molecule has 9 nitrogen and oxygen atoms in total. The first-order valence-corrected chi connectivity index (χ1v) is 10.9. The number of nitrogens with zero attached hydrogens (tertiary/aromatic N) is 5. The monoisotopic (exact) mass is 453 g/mol. The van der Waals surface area contributed by atoms with Gasteiger partial charge in [0, 0.05) is 44.2 Å². The highest BCUT2D eigenvalue weighted by atomic mass is 19.4. The highest BCUT2D eigenvalue weighted by Gasteiger charge is 2.38. The molecule has 2 atom stereocenters. The minimum atomic E-state index is -4.59. The number of nitrogens with one attached hydrogen (secondary N) is 2. The van der Waals surface area contributed by atoms with Crippen molar-refractivity contribution in [3.63, 3.8) is 0 Å². The number of halogens is 3. The van der Waals surface area contributed by atoms with Crippen LogP contribution in [0.1, 0.15) is 54.7 Å². The largest absolute Gasteiger partial charge is 0.469 e. The summed E-state index contributed by atoms with van der Waals surface area (Å²) in [6.45, 7) is 2.35. The zero-order chi connectivity index (χ0) is 22.3. The molecule has 3 fully saturated rings. The van der Waals surface area contributed by atoms with Crippen LogP contribution in [0.3, 0.4) is 0 Å². The molecule has 2 saturated heterocycles. The molecule has 174 valence electrons. The Morgan fingerprint density at radius 1 is 1.16 bits per heavy atom. The van der Waals surface area contributed by atoms with Gasteiger partial charge in [0.05, 0.1) is 13.2 Å². The first-order chi connectivity index (χ1) is 15.4. The molecule has 3 aliphatic rings. The van der Waals surface area contributed by atoms with Gasteiger partial charge in [0.1, 0.15) is 23.3 Å². The summed E-state index contributed by atoms with van der Waals surface area (Å²) in [5.41, 5.74) is -0.978. The minimum absolute atomic E-state index is 0.0240. The number of hydrogen-bond acceptors (Lipinski definition) is 8. The Labute approximate surface area is 183 Å². The number of hydrogen-bond donors (Lipinski definition) is 2. The van der Waals surface area contributed by atoms with Crippen LogP contribution in [0.5, 0.6) is 5.88 Å². The number of anilines is 1. The van der Waals surface area contributed by atoms with Gasteiger partial charge >= 0.3 is 6.18 Å². The van der Waals surface area contributed by atoms with Crippen molar-refractivity contribution in [3.8, 4) is 5.88 Å². The topological polar surface area (TPSA) is 99.0 Å². The van der Waals surface area contributed by atoms with Crippen molar-refractivity contribution >= 4 is 5.95 Å². The quantitative estimate of drug-likeness (QED) is 0.687. The van der Waals surface area contributed by atoms with E-state index in [9.17, 15) is 13.2 Å². The summed E-state index contributed by atoms with van der Waals surface area (Å²) in [5, 5.41) is 15.3. The van der Waals surface area contributed by atoms with Crippen molar-refractivity contribution in [2.45, 2.75) is 55.8 Å². The Balaban J connectivity index is 1.29. The summed E-state index contributed by atoms with van der Waals surface area (Å²) in [6.07, 6.45) is -0.597. The Kier molecular flexibility index (Phi) is 5.66. The van der Waals surface area contributed by atoms with Gasteiger partial charge in [0.25, 0.3) is 0 Å². The molecule has 2 aliphatic heterocycles. The average Bonchev–Trinajstić information content (AvgIpc) is 3.04. The summed E-state index contributed by atoms with van der Waals surface area (Å²) >= 11 is 0. The third-order valence-corrected chi connectivity index (χ3v) is 6.41. The van der Waals surface area contributed by atoms with Gasteiger partial charge in [-0.25, -0.2) is 4.98 Å². The average molecular weight is 453 g/mol. The van der Waals surface area contributed by atoms with Gasteiger partial charge in [-0.1, -0.05) is 6.42 Å². The first-order valence-electron chi connectivity index (χ1n) is 10.9. The minimum Gasteiger partial charge on any atom is -0.469 e. The molecule has 32 heavy (non-hydrogen) atoms. The van der Waals surface area contributed by atoms with Crippen LogP contribution >= 0.6 is 0 Å². The molecular formula is C20H26F3N7O2. The Morgan fingerprint density at radius 2 is 1.91 bits per heavy atom. The molecule has 2 N–H and O–H groups in total. The van der Waals surface area contributed by atoms with Gasteiger partial charge < -0.3 is 24.7 Å². The summed E-state index contributed by atoms with van der Waals surface area (Å²) in [7, 11) is 2.01. The van der Waals surface area contributed by atoms with Gasteiger partial charge in [0.15, 0.2) is 0 Å². The molecule has 5 rings (SSSR count). The highest BCUT2D eigenvalue weighted by molar-refractivity contribution is 5.36. The molecule has 1 aliphatic carbocycles. The lowest BCUT2D eigenvalue weighted by Crippen LogP contribution is -2.41. The van der Waals surface area contributed by atoms with Gasteiger partial charge in [0.2, 0.25) is 11.8 Å². The standard InChI is InChI=1S/C20H26F3N7O2/c1-30-16(28-29-17(30)12-6-24-7-12)11-3-2-4-13(5-11)26-19-25-8-15(20(21,22)23)18(27-19)32-14-9-31-10-14/h8,11-14,24H,2-7,9-10H2,1H3,(H,25,26,27)/t11-,13+/m0/s1. The Hall–Kier alpha value is -2.47. The second-order valence-corrected chi connectivity index (χ2v) is 8.72. The lowest BCUT2D eigenvalue weighted by Gasteiger charge is -2.30. The molecule has 4 heterocycles. The van der Waals surface area contributed by atoms with E-state index in [2.05, 4.69) is 35.4 Å². The molecule has 1 saturated carbocycles. The predicted octanol–water partition coefficient (Wildman–Crippen LogP) is 2.23. The lowest BCUT2D eigenvalue weighted by molar-refractivity contribution is -0.142. The van der Waals surface area contributed by atoms with Crippen LogP contribution in [0.15, 0.2) is 6.20 Å². The Bertz CT molecular complexity index is 959. The third-order valence-electron chi connectivity index (χ3n) is 6.41. The second-order valence-electron chi connectivity index (χ2n) is 8.72. The van der Waals surface area contributed by atoms with E-state index >= 15 is 0 Å². The number of rotatable bonds is 6. The molecule has 0 aromatic carbocycles. The third kappa shape index (κ3) is 4.25. The smallest absolute Gasteiger partial charge is 0.423 e. The highest BCUT2D eigenvalue weighted by Crippen LogP contribution is 2.37. The summed E-state index contributed by atoms with van der Waals surface area (Å²) in [5.74, 6) is 2.26. The fraction of sp³-hybridized carbons (Fsp3) is 0.700. The van der Waals surface area contributed by atoms with Gasteiger partial charge in [-0.2, -0.15) is 18.2 Å². The normalized spacial score (nSPS) is 24.6. The summed E-state index contributed by atoms with van der Waals surface area (Å²) in [6, 6.07) is 0.0240. The molecule has 0 spiro atoms. The van der Waals surface area contributed by atoms with E-state index in [1.165, 1.54) is 0 Å². The van der Waals surface area contributed by atoms with Crippen LogP contribution in [0.4, 0.5) is 19.1 Å². The van der Waals surface area contributed by atoms with Crippen molar-refractivity contribution in [3.05, 3.63) is 23.4 Å². The van der Waals surface area contributed by atoms with E-state index in [0.29, 0.717) is 5.92 Å². The van der Waals surface area contributed by atoms with Crippen molar-refractivity contribution in [1.29, 1.82) is 0 Å². The maximum atomic E-state index is 13.3. The zero-order valence-corrected chi connectivity index (χ0v) is 17.7. The van der Waals surface area contributed by atoms with Crippen LogP contribution in [0, 0.1) is 0 Å². The molecular weight excluding hydrogens is 427 g/mol. The maximum absolute atomic E-state index is 13.3.